The largest absolute Gasteiger partial charge is 0.481 e. The lowest BCUT2D eigenvalue weighted by molar-refractivity contribution is -0.138. The minimum absolute atomic E-state index is 0.0473. The number of ether oxygens (including phenoxy) is 3. The van der Waals surface area contributed by atoms with Crippen LogP contribution in [0.4, 0.5) is 13.2 Å². The van der Waals surface area contributed by atoms with Crippen LogP contribution < -0.4 is 14.2 Å². The second-order valence-corrected chi connectivity index (χ2v) is 8.94. The molecule has 5 nitrogen and oxygen atoms in total. The average molecular weight is 537 g/mol. The summed E-state index contributed by atoms with van der Waals surface area (Å²) in [4.78, 5) is 11.0. The Labute approximate surface area is 224 Å². The number of rotatable bonds is 10. The predicted octanol–water partition coefficient (Wildman–Crippen LogP) is 8.97. The standard InChI is InChI=1S/C31H27F3O5/c1-3-21-17-25(12-9-22(21)10-14-30(35)36)37-26-15-20(2)16-27(19-26)39-28-13-11-23(31(32,33)34)18-29(28)38-24-7-5-4-6-8-24/h4-9,11-13,15-19H,3,10,14H2,1-2H3,(H,35,36). The Hall–Kier alpha value is -4.46. The third-order valence-electron chi connectivity index (χ3n) is 5.90. The molecule has 4 rings (SSSR count). The van der Waals surface area contributed by atoms with E-state index in [1.165, 1.54) is 6.07 Å². The van der Waals surface area contributed by atoms with Gasteiger partial charge in [-0.2, -0.15) is 13.2 Å². The normalized spacial score (nSPS) is 11.2. The zero-order chi connectivity index (χ0) is 28.0. The molecule has 0 bridgehead atoms. The monoisotopic (exact) mass is 536 g/mol. The van der Waals surface area contributed by atoms with Crippen LogP contribution in [0.15, 0.2) is 84.9 Å². The van der Waals surface area contributed by atoms with Gasteiger partial charge >= 0.3 is 12.1 Å². The number of alkyl halides is 3. The number of hydrogen-bond donors (Lipinski definition) is 1. The van der Waals surface area contributed by atoms with Crippen molar-refractivity contribution in [2.75, 3.05) is 0 Å². The summed E-state index contributed by atoms with van der Waals surface area (Å²) in [5.74, 6) is 0.955. The molecule has 0 aliphatic rings. The summed E-state index contributed by atoms with van der Waals surface area (Å²) in [6.07, 6.45) is -3.35. The number of halogens is 3. The summed E-state index contributed by atoms with van der Waals surface area (Å²) >= 11 is 0. The van der Waals surface area contributed by atoms with Crippen molar-refractivity contribution in [1.82, 2.24) is 0 Å². The molecule has 0 fully saturated rings. The number of hydrogen-bond acceptors (Lipinski definition) is 4. The second-order valence-electron chi connectivity index (χ2n) is 8.94. The lowest BCUT2D eigenvalue weighted by atomic mass is 10.0. The Bertz CT molecular complexity index is 1450. The van der Waals surface area contributed by atoms with E-state index in [-0.39, 0.29) is 17.9 Å². The molecule has 0 saturated carbocycles. The molecule has 0 heterocycles. The van der Waals surface area contributed by atoms with Crippen LogP contribution in [0.25, 0.3) is 0 Å². The van der Waals surface area contributed by atoms with E-state index in [4.69, 9.17) is 19.3 Å². The van der Waals surface area contributed by atoms with Gasteiger partial charge in [0.1, 0.15) is 23.0 Å². The predicted molar refractivity (Wildman–Crippen MR) is 141 cm³/mol. The van der Waals surface area contributed by atoms with E-state index >= 15 is 0 Å². The molecule has 4 aromatic carbocycles. The third kappa shape index (κ3) is 7.54. The smallest absolute Gasteiger partial charge is 0.416 e. The zero-order valence-corrected chi connectivity index (χ0v) is 21.4. The van der Waals surface area contributed by atoms with Gasteiger partial charge in [0.2, 0.25) is 0 Å². The van der Waals surface area contributed by atoms with E-state index in [1.54, 1.807) is 48.5 Å². The maximum atomic E-state index is 13.4. The molecule has 8 heteroatoms. The fourth-order valence-corrected chi connectivity index (χ4v) is 4.04. The van der Waals surface area contributed by atoms with Crippen molar-refractivity contribution < 1.29 is 37.3 Å². The van der Waals surface area contributed by atoms with Gasteiger partial charge in [0.25, 0.3) is 0 Å². The summed E-state index contributed by atoms with van der Waals surface area (Å²) in [5.41, 5.74) is 1.90. The van der Waals surface area contributed by atoms with E-state index in [2.05, 4.69) is 0 Å². The number of benzene rings is 4. The van der Waals surface area contributed by atoms with E-state index in [0.717, 1.165) is 28.8 Å². The molecule has 0 unspecified atom stereocenters. The maximum Gasteiger partial charge on any atom is 0.416 e. The molecule has 0 aliphatic heterocycles. The minimum Gasteiger partial charge on any atom is -0.481 e. The van der Waals surface area contributed by atoms with Crippen molar-refractivity contribution >= 4 is 5.97 Å². The quantitative estimate of drug-likeness (QED) is 0.219. The summed E-state index contributed by atoms with van der Waals surface area (Å²) in [7, 11) is 0. The van der Waals surface area contributed by atoms with Crippen molar-refractivity contribution in [1.29, 1.82) is 0 Å². The van der Waals surface area contributed by atoms with Gasteiger partial charge in [-0.25, -0.2) is 0 Å². The zero-order valence-electron chi connectivity index (χ0n) is 21.4. The molecule has 0 saturated heterocycles. The molecule has 0 aromatic heterocycles. The topological polar surface area (TPSA) is 65.0 Å². The van der Waals surface area contributed by atoms with Crippen molar-refractivity contribution in [2.45, 2.75) is 39.3 Å². The number of para-hydroxylation sites is 1. The maximum absolute atomic E-state index is 13.4. The van der Waals surface area contributed by atoms with Crippen LogP contribution in [0.3, 0.4) is 0 Å². The van der Waals surface area contributed by atoms with Gasteiger partial charge in [0.05, 0.1) is 5.56 Å². The molecular formula is C31H27F3O5. The molecule has 0 radical (unpaired) electrons. The number of carboxylic acids is 1. The Kier molecular flexibility index (Phi) is 8.44. The molecule has 0 spiro atoms. The van der Waals surface area contributed by atoms with Crippen molar-refractivity contribution in [3.8, 4) is 34.5 Å². The van der Waals surface area contributed by atoms with Crippen LogP contribution in [-0.2, 0) is 23.8 Å². The van der Waals surface area contributed by atoms with Crippen LogP contribution in [0.1, 0.15) is 35.6 Å². The highest BCUT2D eigenvalue weighted by Crippen LogP contribution is 2.41. The lowest BCUT2D eigenvalue weighted by Gasteiger charge is -2.16. The van der Waals surface area contributed by atoms with Gasteiger partial charge < -0.3 is 19.3 Å². The van der Waals surface area contributed by atoms with Crippen molar-refractivity contribution in [2.24, 2.45) is 0 Å². The lowest BCUT2D eigenvalue weighted by Crippen LogP contribution is -2.05. The van der Waals surface area contributed by atoms with Gasteiger partial charge in [-0.1, -0.05) is 31.2 Å². The highest BCUT2D eigenvalue weighted by molar-refractivity contribution is 5.67. The van der Waals surface area contributed by atoms with Crippen LogP contribution >= 0.6 is 0 Å². The molecule has 1 N–H and O–H groups in total. The molecule has 202 valence electrons. The van der Waals surface area contributed by atoms with Gasteiger partial charge in [0, 0.05) is 12.5 Å². The fraction of sp³-hybridized carbons (Fsp3) is 0.194. The first-order chi connectivity index (χ1) is 18.6. The second kappa shape index (κ2) is 11.9. The third-order valence-corrected chi connectivity index (χ3v) is 5.90. The van der Waals surface area contributed by atoms with Crippen molar-refractivity contribution in [3.05, 3.63) is 107 Å². The number of aryl methyl sites for hydroxylation is 3. The Morgan fingerprint density at radius 3 is 2.10 bits per heavy atom. The number of carbonyl (C=O) groups is 1. The first-order valence-electron chi connectivity index (χ1n) is 12.4. The molecular weight excluding hydrogens is 509 g/mol. The van der Waals surface area contributed by atoms with Gasteiger partial charge in [0.15, 0.2) is 11.5 Å². The Morgan fingerprint density at radius 2 is 1.44 bits per heavy atom. The minimum atomic E-state index is -4.54. The number of aliphatic carboxylic acids is 1. The van der Waals surface area contributed by atoms with E-state index in [9.17, 15) is 18.0 Å². The van der Waals surface area contributed by atoms with Gasteiger partial charge in [-0.15, -0.1) is 0 Å². The van der Waals surface area contributed by atoms with Crippen LogP contribution in [0.2, 0.25) is 0 Å². The van der Waals surface area contributed by atoms with Gasteiger partial charge in [-0.3, -0.25) is 4.79 Å². The van der Waals surface area contributed by atoms with E-state index in [1.807, 2.05) is 32.0 Å². The number of carboxylic acid groups (broad SMARTS) is 1. The summed E-state index contributed by atoms with van der Waals surface area (Å²) in [6.45, 7) is 3.83. The Balaban J connectivity index is 1.60. The van der Waals surface area contributed by atoms with Crippen LogP contribution in [0.5, 0.6) is 34.5 Å². The first-order valence-corrected chi connectivity index (χ1v) is 12.4. The molecule has 0 aliphatic carbocycles. The highest BCUT2D eigenvalue weighted by atomic mass is 19.4. The highest BCUT2D eigenvalue weighted by Gasteiger charge is 2.31. The molecule has 4 aromatic rings. The summed E-state index contributed by atoms with van der Waals surface area (Å²) in [5, 5.41) is 8.99. The molecule has 0 atom stereocenters. The SMILES string of the molecule is CCc1cc(Oc2cc(C)cc(Oc3ccc(C(F)(F)F)cc3Oc3ccccc3)c2)ccc1CCC(=O)O. The fourth-order valence-electron chi connectivity index (χ4n) is 4.04. The van der Waals surface area contributed by atoms with Crippen molar-refractivity contribution in [3.63, 3.8) is 0 Å². The van der Waals surface area contributed by atoms with Crippen LogP contribution in [0, 0.1) is 6.92 Å². The van der Waals surface area contributed by atoms with E-state index in [0.29, 0.717) is 35.8 Å². The van der Waals surface area contributed by atoms with Crippen LogP contribution in [-0.4, -0.2) is 11.1 Å². The average Bonchev–Trinajstić information content (AvgIpc) is 2.88. The summed E-state index contributed by atoms with van der Waals surface area (Å²) < 4.78 is 58.0. The molecule has 39 heavy (non-hydrogen) atoms. The molecule has 0 amide bonds. The van der Waals surface area contributed by atoms with E-state index < -0.39 is 17.7 Å². The Morgan fingerprint density at radius 1 is 0.744 bits per heavy atom. The summed E-state index contributed by atoms with van der Waals surface area (Å²) in [6, 6.07) is 22.3. The van der Waals surface area contributed by atoms with Gasteiger partial charge in [-0.05, 0) is 91.1 Å². The first kappa shape index (κ1) is 27.6.